The summed E-state index contributed by atoms with van der Waals surface area (Å²) in [7, 11) is 0. The largest absolute Gasteiger partial charge is 0.351 e. The zero-order chi connectivity index (χ0) is 26.9. The quantitative estimate of drug-likeness (QED) is 0.314. The minimum absolute atomic E-state index is 0.0257. The molecule has 1 aromatic carbocycles. The molecule has 4 aromatic rings. The normalized spacial score (nSPS) is 20.3. The number of nitrogens with zero attached hydrogens (tertiary/aromatic N) is 5. The SMILES string of the molecule is Cc1cncc(-c2ccc(-c3cc4cnc(NC5CCCCC5)nc4n([C@H]4CC[C@H](N)CC4)c3=O)c(Cl)c2)n1. The Morgan fingerprint density at radius 3 is 2.49 bits per heavy atom. The highest BCUT2D eigenvalue weighted by atomic mass is 35.5. The van der Waals surface area contributed by atoms with E-state index in [1.807, 2.05) is 42.0 Å². The van der Waals surface area contributed by atoms with Crippen molar-refractivity contribution in [3.05, 3.63) is 63.9 Å². The first-order valence-corrected chi connectivity index (χ1v) is 14.4. The molecule has 39 heavy (non-hydrogen) atoms. The summed E-state index contributed by atoms with van der Waals surface area (Å²) in [6.45, 7) is 1.90. The van der Waals surface area contributed by atoms with Crippen molar-refractivity contribution in [1.29, 1.82) is 0 Å². The van der Waals surface area contributed by atoms with Crippen molar-refractivity contribution in [3.63, 3.8) is 0 Å². The van der Waals surface area contributed by atoms with Crippen LogP contribution >= 0.6 is 11.6 Å². The summed E-state index contributed by atoms with van der Waals surface area (Å²) in [5, 5.41) is 4.83. The summed E-state index contributed by atoms with van der Waals surface area (Å²) >= 11 is 6.81. The van der Waals surface area contributed by atoms with Crippen molar-refractivity contribution in [1.82, 2.24) is 24.5 Å². The summed E-state index contributed by atoms with van der Waals surface area (Å²) in [5.41, 5.74) is 10.4. The van der Waals surface area contributed by atoms with Crippen molar-refractivity contribution in [2.24, 2.45) is 5.73 Å². The first-order valence-electron chi connectivity index (χ1n) is 14.0. The maximum Gasteiger partial charge on any atom is 0.260 e. The molecule has 0 aliphatic heterocycles. The standard InChI is InChI=1S/C30H34ClN7O/c1-18-15-33-17-27(35-18)19-7-12-24(26(31)14-19)25-13-20-16-34-30(36-22-5-3-2-4-6-22)37-28(20)38(29(25)39)23-10-8-21(32)9-11-23/h7,12-17,21-23H,2-6,8-11,32H2,1H3,(H,34,36,37)/t21-,23-. The number of halogens is 1. The molecule has 9 heteroatoms. The van der Waals surface area contributed by atoms with Crippen LogP contribution in [-0.2, 0) is 0 Å². The number of hydrogen-bond donors (Lipinski definition) is 2. The van der Waals surface area contributed by atoms with Crippen LogP contribution in [0.15, 0.2) is 47.7 Å². The van der Waals surface area contributed by atoms with Crippen molar-refractivity contribution < 1.29 is 0 Å². The highest BCUT2D eigenvalue weighted by Gasteiger charge is 2.26. The number of nitrogens with two attached hydrogens (primary N) is 1. The van der Waals surface area contributed by atoms with Crippen molar-refractivity contribution in [2.45, 2.75) is 82.8 Å². The van der Waals surface area contributed by atoms with E-state index in [0.717, 1.165) is 60.9 Å². The van der Waals surface area contributed by atoms with E-state index in [1.165, 1.54) is 19.3 Å². The lowest BCUT2D eigenvalue weighted by atomic mass is 9.91. The molecule has 0 unspecified atom stereocenters. The molecule has 2 fully saturated rings. The molecule has 3 aromatic heterocycles. The van der Waals surface area contributed by atoms with Gasteiger partial charge in [0.25, 0.3) is 5.56 Å². The summed E-state index contributed by atoms with van der Waals surface area (Å²) in [4.78, 5) is 32.5. The molecule has 0 atom stereocenters. The van der Waals surface area contributed by atoms with Gasteiger partial charge < -0.3 is 11.1 Å². The van der Waals surface area contributed by atoms with Gasteiger partial charge in [0.05, 0.1) is 17.6 Å². The Kier molecular flexibility index (Phi) is 7.32. The van der Waals surface area contributed by atoms with Crippen molar-refractivity contribution in [2.75, 3.05) is 5.32 Å². The van der Waals surface area contributed by atoms with Gasteiger partial charge in [0.2, 0.25) is 5.95 Å². The maximum absolute atomic E-state index is 14.2. The predicted molar refractivity (Wildman–Crippen MR) is 156 cm³/mol. The predicted octanol–water partition coefficient (Wildman–Crippen LogP) is 6.06. The van der Waals surface area contributed by atoms with E-state index in [1.54, 1.807) is 12.4 Å². The van der Waals surface area contributed by atoms with Crippen LogP contribution in [0.5, 0.6) is 0 Å². The Balaban J connectivity index is 1.44. The third-order valence-corrected chi connectivity index (χ3v) is 8.44. The number of anilines is 1. The minimum Gasteiger partial charge on any atom is -0.351 e. The molecule has 0 saturated heterocycles. The van der Waals surface area contributed by atoms with E-state index in [0.29, 0.717) is 33.8 Å². The van der Waals surface area contributed by atoms with Gasteiger partial charge in [-0.3, -0.25) is 14.3 Å². The van der Waals surface area contributed by atoms with Crippen LogP contribution in [0.1, 0.15) is 69.5 Å². The highest BCUT2D eigenvalue weighted by Crippen LogP contribution is 2.34. The van der Waals surface area contributed by atoms with Gasteiger partial charge in [-0.15, -0.1) is 0 Å². The van der Waals surface area contributed by atoms with Crippen LogP contribution in [0.25, 0.3) is 33.4 Å². The zero-order valence-corrected chi connectivity index (χ0v) is 23.0. The Labute approximate surface area is 233 Å². The fraction of sp³-hybridized carbons (Fsp3) is 0.433. The molecular formula is C30H34ClN7O. The third-order valence-electron chi connectivity index (χ3n) is 8.13. The summed E-state index contributed by atoms with van der Waals surface area (Å²) < 4.78 is 1.88. The van der Waals surface area contributed by atoms with Crippen LogP contribution in [0, 0.1) is 6.92 Å². The molecule has 6 rings (SSSR count). The minimum atomic E-state index is -0.0877. The Morgan fingerprint density at radius 2 is 1.74 bits per heavy atom. The lowest BCUT2D eigenvalue weighted by Gasteiger charge is -2.29. The summed E-state index contributed by atoms with van der Waals surface area (Å²) in [6, 6.07) is 8.13. The molecule has 2 aliphatic rings. The van der Waals surface area contributed by atoms with Crippen LogP contribution < -0.4 is 16.6 Å². The van der Waals surface area contributed by atoms with Crippen LogP contribution in [-0.4, -0.2) is 36.6 Å². The molecular weight excluding hydrogens is 510 g/mol. The third kappa shape index (κ3) is 5.40. The number of fused-ring (bicyclic) bond motifs is 1. The van der Waals surface area contributed by atoms with E-state index in [2.05, 4.69) is 20.3 Å². The average molecular weight is 544 g/mol. The molecule has 3 heterocycles. The number of aryl methyl sites for hydroxylation is 1. The second-order valence-corrected chi connectivity index (χ2v) is 11.4. The first kappa shape index (κ1) is 25.9. The van der Waals surface area contributed by atoms with Crippen LogP contribution in [0.2, 0.25) is 5.02 Å². The molecule has 0 amide bonds. The van der Waals surface area contributed by atoms with E-state index in [4.69, 9.17) is 22.3 Å². The lowest BCUT2D eigenvalue weighted by Crippen LogP contribution is -2.33. The van der Waals surface area contributed by atoms with E-state index in [9.17, 15) is 4.79 Å². The van der Waals surface area contributed by atoms with Crippen LogP contribution in [0.3, 0.4) is 0 Å². The molecule has 0 radical (unpaired) electrons. The maximum atomic E-state index is 14.2. The Hall–Kier alpha value is -3.36. The Morgan fingerprint density at radius 1 is 0.949 bits per heavy atom. The molecule has 2 saturated carbocycles. The smallest absolute Gasteiger partial charge is 0.260 e. The summed E-state index contributed by atoms with van der Waals surface area (Å²) in [5.74, 6) is 0.587. The number of benzene rings is 1. The van der Waals surface area contributed by atoms with Gasteiger partial charge in [-0.25, -0.2) is 9.97 Å². The van der Waals surface area contributed by atoms with E-state index >= 15 is 0 Å². The van der Waals surface area contributed by atoms with Crippen molar-refractivity contribution in [3.8, 4) is 22.4 Å². The lowest BCUT2D eigenvalue weighted by molar-refractivity contribution is 0.323. The second-order valence-electron chi connectivity index (χ2n) is 11.0. The highest BCUT2D eigenvalue weighted by molar-refractivity contribution is 6.33. The van der Waals surface area contributed by atoms with E-state index < -0.39 is 0 Å². The van der Waals surface area contributed by atoms with Gasteiger partial charge in [0.1, 0.15) is 5.65 Å². The topological polar surface area (TPSA) is 112 Å². The Bertz CT molecular complexity index is 1560. The van der Waals surface area contributed by atoms with E-state index in [-0.39, 0.29) is 17.6 Å². The zero-order valence-electron chi connectivity index (χ0n) is 22.2. The molecule has 8 nitrogen and oxygen atoms in total. The first-order chi connectivity index (χ1) is 19.0. The molecule has 0 spiro atoms. The van der Waals surface area contributed by atoms with Gasteiger partial charge in [-0.1, -0.05) is 43.0 Å². The van der Waals surface area contributed by atoms with Gasteiger partial charge in [-0.05, 0) is 57.6 Å². The van der Waals surface area contributed by atoms with Gasteiger partial charge >= 0.3 is 0 Å². The fourth-order valence-electron chi connectivity index (χ4n) is 6.01. The molecule has 2 aliphatic carbocycles. The number of pyridine rings is 1. The van der Waals surface area contributed by atoms with Crippen molar-refractivity contribution >= 4 is 28.6 Å². The number of nitrogens with one attached hydrogen (secondary N) is 1. The monoisotopic (exact) mass is 543 g/mol. The number of hydrogen-bond acceptors (Lipinski definition) is 7. The van der Waals surface area contributed by atoms with Crippen LogP contribution in [0.4, 0.5) is 5.95 Å². The molecule has 3 N–H and O–H groups in total. The second kappa shape index (κ2) is 11.0. The summed E-state index contributed by atoms with van der Waals surface area (Å²) in [6.07, 6.45) is 14.7. The molecule has 0 bridgehead atoms. The number of rotatable bonds is 5. The fourth-order valence-corrected chi connectivity index (χ4v) is 6.29. The average Bonchev–Trinajstić information content (AvgIpc) is 2.94. The molecule has 202 valence electrons. The number of aromatic nitrogens is 5. The van der Waals surface area contributed by atoms with Gasteiger partial charge in [-0.2, -0.15) is 4.98 Å². The van der Waals surface area contributed by atoms with Gasteiger partial charge in [0, 0.05) is 57.6 Å². The van der Waals surface area contributed by atoms with Gasteiger partial charge in [0.15, 0.2) is 0 Å².